The summed E-state index contributed by atoms with van der Waals surface area (Å²) in [6.45, 7) is 11.3. The van der Waals surface area contributed by atoms with Crippen LogP contribution in [0.5, 0.6) is 0 Å². The molecule has 0 spiro atoms. The van der Waals surface area contributed by atoms with Gasteiger partial charge >= 0.3 is 0 Å². The van der Waals surface area contributed by atoms with Crippen molar-refractivity contribution in [2.45, 2.75) is 53.2 Å². The SMILES string of the molecule is CCCN(Cc1cc(CN)oc1C)C(C)C. The summed E-state index contributed by atoms with van der Waals surface area (Å²) in [4.78, 5) is 2.46. The lowest BCUT2D eigenvalue weighted by Gasteiger charge is -2.25. The van der Waals surface area contributed by atoms with Gasteiger partial charge in [0.25, 0.3) is 0 Å². The Labute approximate surface area is 98.6 Å². The molecule has 92 valence electrons. The molecule has 0 atom stereocenters. The molecule has 1 heterocycles. The van der Waals surface area contributed by atoms with Crippen LogP contribution < -0.4 is 5.73 Å². The second-order valence-electron chi connectivity index (χ2n) is 4.56. The average molecular weight is 224 g/mol. The molecular weight excluding hydrogens is 200 g/mol. The van der Waals surface area contributed by atoms with Gasteiger partial charge in [-0.25, -0.2) is 0 Å². The monoisotopic (exact) mass is 224 g/mol. The lowest BCUT2D eigenvalue weighted by Crippen LogP contribution is -2.31. The molecule has 0 aromatic carbocycles. The van der Waals surface area contributed by atoms with Crippen LogP contribution in [0, 0.1) is 6.92 Å². The first-order valence-electron chi connectivity index (χ1n) is 6.10. The lowest BCUT2D eigenvalue weighted by atomic mass is 10.2. The molecule has 1 aromatic heterocycles. The molecule has 16 heavy (non-hydrogen) atoms. The lowest BCUT2D eigenvalue weighted by molar-refractivity contribution is 0.212. The first-order valence-corrected chi connectivity index (χ1v) is 6.10. The van der Waals surface area contributed by atoms with Crippen LogP contribution in [0.2, 0.25) is 0 Å². The van der Waals surface area contributed by atoms with E-state index in [1.165, 1.54) is 12.0 Å². The van der Waals surface area contributed by atoms with Gasteiger partial charge in [0.15, 0.2) is 0 Å². The van der Waals surface area contributed by atoms with Gasteiger partial charge in [0.05, 0.1) is 6.54 Å². The van der Waals surface area contributed by atoms with Crippen molar-refractivity contribution in [1.29, 1.82) is 0 Å². The first kappa shape index (κ1) is 13.3. The third-order valence-electron chi connectivity index (χ3n) is 2.89. The van der Waals surface area contributed by atoms with Gasteiger partial charge in [-0.15, -0.1) is 0 Å². The number of furan rings is 1. The Balaban J connectivity index is 2.72. The van der Waals surface area contributed by atoms with Crippen LogP contribution in [-0.4, -0.2) is 17.5 Å². The van der Waals surface area contributed by atoms with Gasteiger partial charge < -0.3 is 10.2 Å². The Hall–Kier alpha value is -0.800. The van der Waals surface area contributed by atoms with E-state index in [2.05, 4.69) is 31.7 Å². The van der Waals surface area contributed by atoms with Gasteiger partial charge in [0, 0.05) is 18.2 Å². The summed E-state index contributed by atoms with van der Waals surface area (Å²) in [5.41, 5.74) is 6.84. The summed E-state index contributed by atoms with van der Waals surface area (Å²) in [7, 11) is 0. The van der Waals surface area contributed by atoms with Crippen molar-refractivity contribution in [3.05, 3.63) is 23.2 Å². The molecule has 3 nitrogen and oxygen atoms in total. The molecule has 0 unspecified atom stereocenters. The number of aryl methyl sites for hydroxylation is 1. The van der Waals surface area contributed by atoms with Crippen LogP contribution in [0.1, 0.15) is 44.3 Å². The molecule has 1 aromatic rings. The van der Waals surface area contributed by atoms with Crippen LogP contribution in [0.25, 0.3) is 0 Å². The van der Waals surface area contributed by atoms with Crippen molar-refractivity contribution in [2.24, 2.45) is 5.73 Å². The standard InChI is InChI=1S/C13H24N2O/c1-5-6-15(10(2)3)9-12-7-13(8-14)16-11(12)4/h7,10H,5-6,8-9,14H2,1-4H3. The van der Waals surface area contributed by atoms with Crippen LogP contribution in [0.4, 0.5) is 0 Å². The van der Waals surface area contributed by atoms with E-state index < -0.39 is 0 Å². The predicted octanol–water partition coefficient (Wildman–Crippen LogP) is 2.67. The minimum Gasteiger partial charge on any atom is -0.465 e. The third-order valence-corrected chi connectivity index (χ3v) is 2.89. The van der Waals surface area contributed by atoms with E-state index in [-0.39, 0.29) is 0 Å². The Kier molecular flexibility index (Phi) is 5.03. The van der Waals surface area contributed by atoms with Crippen molar-refractivity contribution in [3.63, 3.8) is 0 Å². The smallest absolute Gasteiger partial charge is 0.118 e. The molecule has 0 radical (unpaired) electrons. The topological polar surface area (TPSA) is 42.4 Å². The van der Waals surface area contributed by atoms with Gasteiger partial charge in [-0.05, 0) is 39.8 Å². The van der Waals surface area contributed by atoms with E-state index in [1.807, 2.05) is 6.92 Å². The number of hydrogen-bond donors (Lipinski definition) is 1. The van der Waals surface area contributed by atoms with Crippen molar-refractivity contribution >= 4 is 0 Å². The normalized spacial score (nSPS) is 11.7. The highest BCUT2D eigenvalue weighted by atomic mass is 16.3. The van der Waals surface area contributed by atoms with Gasteiger partial charge in [-0.3, -0.25) is 4.90 Å². The Morgan fingerprint density at radius 2 is 2.12 bits per heavy atom. The molecule has 0 aliphatic heterocycles. The summed E-state index contributed by atoms with van der Waals surface area (Å²) in [5.74, 6) is 1.88. The molecule has 0 fully saturated rings. The predicted molar refractivity (Wildman–Crippen MR) is 67.2 cm³/mol. The highest BCUT2D eigenvalue weighted by Crippen LogP contribution is 2.17. The Morgan fingerprint density at radius 1 is 1.44 bits per heavy atom. The maximum atomic E-state index is 5.57. The summed E-state index contributed by atoms with van der Waals surface area (Å²) >= 11 is 0. The van der Waals surface area contributed by atoms with Crippen LogP contribution in [0.3, 0.4) is 0 Å². The maximum Gasteiger partial charge on any atom is 0.118 e. The molecule has 0 saturated heterocycles. The van der Waals surface area contributed by atoms with Crippen LogP contribution in [-0.2, 0) is 13.1 Å². The zero-order chi connectivity index (χ0) is 12.1. The van der Waals surface area contributed by atoms with Crippen LogP contribution >= 0.6 is 0 Å². The number of rotatable bonds is 6. The fraction of sp³-hybridized carbons (Fsp3) is 0.692. The molecule has 0 saturated carbocycles. The van der Waals surface area contributed by atoms with Gasteiger partial charge in [-0.1, -0.05) is 6.92 Å². The molecule has 0 bridgehead atoms. The van der Waals surface area contributed by atoms with E-state index in [4.69, 9.17) is 10.2 Å². The second-order valence-corrected chi connectivity index (χ2v) is 4.56. The van der Waals surface area contributed by atoms with Crippen molar-refractivity contribution in [1.82, 2.24) is 4.90 Å². The summed E-state index contributed by atoms with van der Waals surface area (Å²) in [5, 5.41) is 0. The third kappa shape index (κ3) is 3.35. The largest absolute Gasteiger partial charge is 0.465 e. The minimum atomic E-state index is 0.482. The van der Waals surface area contributed by atoms with Gasteiger partial charge in [0.1, 0.15) is 11.5 Å². The van der Waals surface area contributed by atoms with Crippen LogP contribution in [0.15, 0.2) is 10.5 Å². The first-order chi connectivity index (χ1) is 7.58. The average Bonchev–Trinajstić information content (AvgIpc) is 2.59. The fourth-order valence-electron chi connectivity index (χ4n) is 1.87. The highest BCUT2D eigenvalue weighted by Gasteiger charge is 2.13. The highest BCUT2D eigenvalue weighted by molar-refractivity contribution is 5.20. The van der Waals surface area contributed by atoms with E-state index >= 15 is 0 Å². The van der Waals surface area contributed by atoms with Crippen molar-refractivity contribution in [3.8, 4) is 0 Å². The van der Waals surface area contributed by atoms with Crippen molar-refractivity contribution < 1.29 is 4.42 Å². The zero-order valence-corrected chi connectivity index (χ0v) is 10.9. The molecule has 0 aliphatic rings. The quantitative estimate of drug-likeness (QED) is 0.807. The van der Waals surface area contributed by atoms with E-state index in [1.54, 1.807) is 0 Å². The zero-order valence-electron chi connectivity index (χ0n) is 10.9. The summed E-state index contributed by atoms with van der Waals surface area (Å²) < 4.78 is 5.57. The van der Waals surface area contributed by atoms with Gasteiger partial charge in [0.2, 0.25) is 0 Å². The Morgan fingerprint density at radius 3 is 2.56 bits per heavy atom. The van der Waals surface area contributed by atoms with E-state index in [0.29, 0.717) is 12.6 Å². The molecule has 3 heteroatoms. The summed E-state index contributed by atoms with van der Waals surface area (Å²) in [6.07, 6.45) is 1.18. The molecule has 1 rings (SSSR count). The van der Waals surface area contributed by atoms with E-state index in [9.17, 15) is 0 Å². The maximum absolute atomic E-state index is 5.57. The number of nitrogens with two attached hydrogens (primary N) is 1. The molecular formula is C13H24N2O. The minimum absolute atomic E-state index is 0.482. The van der Waals surface area contributed by atoms with Gasteiger partial charge in [-0.2, -0.15) is 0 Å². The summed E-state index contributed by atoms with van der Waals surface area (Å²) in [6, 6.07) is 2.65. The Bertz CT molecular complexity index is 318. The van der Waals surface area contributed by atoms with E-state index in [0.717, 1.165) is 24.6 Å². The van der Waals surface area contributed by atoms with Crippen molar-refractivity contribution in [2.75, 3.05) is 6.54 Å². The number of hydrogen-bond acceptors (Lipinski definition) is 3. The molecule has 0 aliphatic carbocycles. The molecule has 0 amide bonds. The second kappa shape index (κ2) is 6.06. The fourth-order valence-corrected chi connectivity index (χ4v) is 1.87. The molecule has 2 N–H and O–H groups in total. The number of nitrogens with zero attached hydrogens (tertiary/aromatic N) is 1.